The lowest BCUT2D eigenvalue weighted by Crippen LogP contribution is -2.37. The zero-order chi connectivity index (χ0) is 16.3. The van der Waals surface area contributed by atoms with Gasteiger partial charge in [0.15, 0.2) is 11.5 Å². The highest BCUT2D eigenvalue weighted by atomic mass is 16.7. The maximum absolute atomic E-state index is 12.3. The van der Waals surface area contributed by atoms with Crippen molar-refractivity contribution < 1.29 is 9.63 Å². The Kier molecular flexibility index (Phi) is 4.60. The molecule has 2 aromatic rings. The molecule has 2 N–H and O–H groups in total. The number of nitrogens with two attached hydrogens (primary N) is 1. The van der Waals surface area contributed by atoms with Crippen LogP contribution in [-0.2, 0) is 16.2 Å². The van der Waals surface area contributed by atoms with Crippen LogP contribution in [0.25, 0.3) is 11.2 Å². The van der Waals surface area contributed by atoms with Crippen molar-refractivity contribution in [1.29, 1.82) is 0 Å². The molecule has 0 aliphatic rings. The quantitative estimate of drug-likeness (QED) is 0.834. The number of anilines is 1. The van der Waals surface area contributed by atoms with Gasteiger partial charge in [-0.05, 0) is 5.41 Å². The van der Waals surface area contributed by atoms with Gasteiger partial charge in [0.05, 0.1) is 20.0 Å². The number of hydrogen-bond donors (Lipinski definition) is 1. The Bertz CT molecular complexity index is 661. The number of rotatable bonds is 5. The molecule has 0 atom stereocenters. The van der Waals surface area contributed by atoms with Crippen LogP contribution in [0.15, 0.2) is 12.7 Å². The molecule has 2 rings (SSSR count). The third-order valence-electron chi connectivity index (χ3n) is 3.11. The van der Waals surface area contributed by atoms with Gasteiger partial charge in [-0.15, -0.1) is 0 Å². The zero-order valence-electron chi connectivity index (χ0n) is 13.4. The topological polar surface area (TPSA) is 99.2 Å². The molecule has 0 aliphatic heterocycles. The van der Waals surface area contributed by atoms with Crippen LogP contribution in [0.5, 0.6) is 0 Å². The highest BCUT2D eigenvalue weighted by Gasteiger charge is 2.21. The lowest BCUT2D eigenvalue weighted by molar-refractivity contribution is -0.182. The molecule has 0 bridgehead atoms. The summed E-state index contributed by atoms with van der Waals surface area (Å²) < 4.78 is 1.79. The Morgan fingerprint density at radius 2 is 2.09 bits per heavy atom. The first kappa shape index (κ1) is 16.2. The standard InChI is InChI=1S/C14H22N6O2/c1-14(2,3)7-20(22-4)10(21)5-6-19-9-18-11-12(15)16-8-17-13(11)19/h8-9H,5-7H2,1-4H3,(H2,15,16,17). The second-order valence-electron chi connectivity index (χ2n) is 6.29. The van der Waals surface area contributed by atoms with Gasteiger partial charge in [0.2, 0.25) is 5.91 Å². The van der Waals surface area contributed by atoms with Crippen molar-refractivity contribution >= 4 is 22.9 Å². The average Bonchev–Trinajstić information content (AvgIpc) is 2.86. The van der Waals surface area contributed by atoms with E-state index in [9.17, 15) is 4.79 Å². The summed E-state index contributed by atoms with van der Waals surface area (Å²) in [5.74, 6) is 0.252. The van der Waals surface area contributed by atoms with Gasteiger partial charge in [0, 0.05) is 13.0 Å². The van der Waals surface area contributed by atoms with E-state index in [-0.39, 0.29) is 11.3 Å². The zero-order valence-corrected chi connectivity index (χ0v) is 13.4. The van der Waals surface area contributed by atoms with Gasteiger partial charge < -0.3 is 10.3 Å². The molecular formula is C14H22N6O2. The number of hydroxylamine groups is 2. The van der Waals surface area contributed by atoms with E-state index in [2.05, 4.69) is 35.7 Å². The SMILES string of the molecule is CON(CC(C)(C)C)C(=O)CCn1cnc2c(N)ncnc21. The number of aromatic nitrogens is 4. The van der Waals surface area contributed by atoms with Gasteiger partial charge in [0.25, 0.3) is 0 Å². The smallest absolute Gasteiger partial charge is 0.247 e. The Morgan fingerprint density at radius 3 is 2.73 bits per heavy atom. The summed E-state index contributed by atoms with van der Waals surface area (Å²) in [6.45, 7) is 7.14. The van der Waals surface area contributed by atoms with Gasteiger partial charge in [-0.2, -0.15) is 0 Å². The number of nitrogen functional groups attached to an aromatic ring is 1. The summed E-state index contributed by atoms with van der Waals surface area (Å²) in [6.07, 6.45) is 3.29. The third-order valence-corrected chi connectivity index (χ3v) is 3.11. The maximum Gasteiger partial charge on any atom is 0.247 e. The van der Waals surface area contributed by atoms with Crippen molar-refractivity contribution in [3.8, 4) is 0 Å². The molecule has 2 aromatic heterocycles. The first-order chi connectivity index (χ1) is 10.3. The minimum Gasteiger partial charge on any atom is -0.382 e. The predicted octanol–water partition coefficient (Wildman–Crippen LogP) is 1.23. The molecule has 0 saturated carbocycles. The van der Waals surface area contributed by atoms with E-state index in [1.165, 1.54) is 18.5 Å². The summed E-state index contributed by atoms with van der Waals surface area (Å²) in [5, 5.41) is 1.39. The number of fused-ring (bicyclic) bond motifs is 1. The van der Waals surface area contributed by atoms with Crippen LogP contribution in [0.4, 0.5) is 5.82 Å². The van der Waals surface area contributed by atoms with Gasteiger partial charge >= 0.3 is 0 Å². The van der Waals surface area contributed by atoms with Crippen LogP contribution in [0.2, 0.25) is 0 Å². The number of hydrogen-bond acceptors (Lipinski definition) is 6. The summed E-state index contributed by atoms with van der Waals surface area (Å²) in [7, 11) is 1.50. The summed E-state index contributed by atoms with van der Waals surface area (Å²) in [5.41, 5.74) is 6.88. The lowest BCUT2D eigenvalue weighted by atomic mass is 9.97. The van der Waals surface area contributed by atoms with Crippen molar-refractivity contribution in [3.63, 3.8) is 0 Å². The maximum atomic E-state index is 12.3. The predicted molar refractivity (Wildman–Crippen MR) is 82.5 cm³/mol. The van der Waals surface area contributed by atoms with E-state index in [4.69, 9.17) is 10.6 Å². The number of nitrogens with zero attached hydrogens (tertiary/aromatic N) is 5. The van der Waals surface area contributed by atoms with E-state index in [0.717, 1.165) is 0 Å². The first-order valence-electron chi connectivity index (χ1n) is 7.07. The third kappa shape index (κ3) is 3.70. The molecule has 8 heteroatoms. The van der Waals surface area contributed by atoms with E-state index in [0.29, 0.717) is 36.5 Å². The van der Waals surface area contributed by atoms with Crippen LogP contribution in [0.1, 0.15) is 27.2 Å². The molecule has 0 spiro atoms. The van der Waals surface area contributed by atoms with Gasteiger partial charge in [-0.1, -0.05) is 20.8 Å². The van der Waals surface area contributed by atoms with Gasteiger partial charge in [0.1, 0.15) is 11.8 Å². The minimum atomic E-state index is -0.0821. The highest BCUT2D eigenvalue weighted by Crippen LogP contribution is 2.17. The number of imidazole rings is 1. The van der Waals surface area contributed by atoms with Crippen LogP contribution in [0, 0.1) is 5.41 Å². The molecule has 120 valence electrons. The van der Waals surface area contributed by atoms with Crippen LogP contribution >= 0.6 is 0 Å². The number of amides is 1. The highest BCUT2D eigenvalue weighted by molar-refractivity contribution is 5.81. The first-order valence-corrected chi connectivity index (χ1v) is 7.07. The van der Waals surface area contributed by atoms with Gasteiger partial charge in [-0.25, -0.2) is 20.0 Å². The molecular weight excluding hydrogens is 284 g/mol. The molecule has 0 saturated heterocycles. The fourth-order valence-electron chi connectivity index (χ4n) is 2.09. The lowest BCUT2D eigenvalue weighted by Gasteiger charge is -2.27. The van der Waals surface area contributed by atoms with Crippen LogP contribution in [-0.4, -0.2) is 44.1 Å². The largest absolute Gasteiger partial charge is 0.382 e. The number of aryl methyl sites for hydroxylation is 1. The molecule has 0 aliphatic carbocycles. The normalized spacial score (nSPS) is 11.8. The Hall–Kier alpha value is -2.22. The van der Waals surface area contributed by atoms with Crippen molar-refractivity contribution in [2.75, 3.05) is 19.4 Å². The van der Waals surface area contributed by atoms with Crippen molar-refractivity contribution in [2.45, 2.75) is 33.7 Å². The summed E-state index contributed by atoms with van der Waals surface area (Å²) in [6, 6.07) is 0. The van der Waals surface area contributed by atoms with E-state index in [1.807, 2.05) is 0 Å². The molecule has 0 fully saturated rings. The van der Waals surface area contributed by atoms with Crippen molar-refractivity contribution in [3.05, 3.63) is 12.7 Å². The number of carbonyl (C=O) groups is 1. The fraction of sp³-hybridized carbons (Fsp3) is 0.571. The second-order valence-corrected chi connectivity index (χ2v) is 6.29. The van der Waals surface area contributed by atoms with Gasteiger partial charge in [-0.3, -0.25) is 9.63 Å². The summed E-state index contributed by atoms with van der Waals surface area (Å²) >= 11 is 0. The average molecular weight is 306 g/mol. The molecule has 1 amide bonds. The molecule has 22 heavy (non-hydrogen) atoms. The van der Waals surface area contributed by atoms with E-state index < -0.39 is 0 Å². The van der Waals surface area contributed by atoms with E-state index in [1.54, 1.807) is 10.9 Å². The molecule has 0 unspecified atom stereocenters. The molecule has 0 radical (unpaired) electrons. The van der Waals surface area contributed by atoms with Crippen LogP contribution in [0.3, 0.4) is 0 Å². The summed E-state index contributed by atoms with van der Waals surface area (Å²) in [4.78, 5) is 29.7. The molecule has 8 nitrogen and oxygen atoms in total. The van der Waals surface area contributed by atoms with E-state index >= 15 is 0 Å². The van der Waals surface area contributed by atoms with Crippen LogP contribution < -0.4 is 5.73 Å². The monoisotopic (exact) mass is 306 g/mol. The Balaban J connectivity index is 2.05. The Morgan fingerprint density at radius 1 is 1.36 bits per heavy atom. The number of carbonyl (C=O) groups excluding carboxylic acids is 1. The fourth-order valence-corrected chi connectivity index (χ4v) is 2.09. The second kappa shape index (κ2) is 6.27. The van der Waals surface area contributed by atoms with Crippen molar-refractivity contribution in [2.24, 2.45) is 5.41 Å². The Labute approximate surface area is 129 Å². The van der Waals surface area contributed by atoms with Crippen molar-refractivity contribution in [1.82, 2.24) is 24.6 Å². The molecule has 0 aromatic carbocycles. The molecule has 2 heterocycles. The minimum absolute atomic E-state index is 0.0327.